The summed E-state index contributed by atoms with van der Waals surface area (Å²) in [4.78, 5) is 28.6. The second-order valence-corrected chi connectivity index (χ2v) is 7.18. The van der Waals surface area contributed by atoms with Crippen LogP contribution in [0.25, 0.3) is 11.3 Å². The Balaban J connectivity index is 1.76. The lowest BCUT2D eigenvalue weighted by atomic mass is 9.99. The quantitative estimate of drug-likeness (QED) is 0.591. The molecule has 11 heteroatoms. The Bertz CT molecular complexity index is 1100. The first kappa shape index (κ1) is 21.1. The lowest BCUT2D eigenvalue weighted by Crippen LogP contribution is -2.31. The lowest BCUT2D eigenvalue weighted by Gasteiger charge is -2.30. The van der Waals surface area contributed by atoms with Crippen LogP contribution in [0.3, 0.4) is 0 Å². The van der Waals surface area contributed by atoms with Gasteiger partial charge in [0.05, 0.1) is 16.9 Å². The summed E-state index contributed by atoms with van der Waals surface area (Å²) >= 11 is 5.66. The Kier molecular flexibility index (Phi) is 5.84. The number of carbonyl (C=O) groups is 1. The molecule has 0 bridgehead atoms. The minimum absolute atomic E-state index is 0.0267. The molecule has 1 aliphatic heterocycles. The average Bonchev–Trinajstić information content (AvgIpc) is 2.75. The highest BCUT2D eigenvalue weighted by Gasteiger charge is 2.38. The first-order valence-corrected chi connectivity index (χ1v) is 9.60. The van der Waals surface area contributed by atoms with E-state index >= 15 is 0 Å². The van der Waals surface area contributed by atoms with Crippen LogP contribution in [0, 0.1) is 5.82 Å². The maximum Gasteiger partial charge on any atom is 0.271 e. The summed E-state index contributed by atoms with van der Waals surface area (Å²) in [6.45, 7) is -0.778. The Hall–Kier alpha value is -3.11. The number of aromatic nitrogens is 4. The van der Waals surface area contributed by atoms with Crippen molar-refractivity contribution in [2.45, 2.75) is 24.9 Å². The van der Waals surface area contributed by atoms with Gasteiger partial charge in [0, 0.05) is 36.8 Å². The molecule has 0 saturated carbocycles. The fourth-order valence-corrected chi connectivity index (χ4v) is 3.28. The fraction of sp³-hybridized carbons (Fsp3) is 0.250. The summed E-state index contributed by atoms with van der Waals surface area (Å²) in [7, 11) is 0. The molecular formula is C20H15ClF3N5O2. The van der Waals surface area contributed by atoms with E-state index in [1.807, 2.05) is 0 Å². The molecule has 0 radical (unpaired) electrons. The third kappa shape index (κ3) is 4.64. The van der Waals surface area contributed by atoms with E-state index in [4.69, 9.17) is 16.3 Å². The van der Waals surface area contributed by atoms with Crippen LogP contribution >= 0.6 is 11.6 Å². The minimum atomic E-state index is -2.94. The zero-order chi connectivity index (χ0) is 22.0. The molecule has 31 heavy (non-hydrogen) atoms. The summed E-state index contributed by atoms with van der Waals surface area (Å²) in [5, 5.41) is 2.62. The van der Waals surface area contributed by atoms with Crippen molar-refractivity contribution in [3.05, 3.63) is 65.3 Å². The predicted molar refractivity (Wildman–Crippen MR) is 105 cm³/mol. The number of pyridine rings is 2. The van der Waals surface area contributed by atoms with E-state index in [2.05, 4.69) is 25.3 Å². The van der Waals surface area contributed by atoms with Crippen LogP contribution in [0.1, 0.15) is 35.0 Å². The fourth-order valence-electron chi connectivity index (χ4n) is 3.19. The standard InChI is InChI=1S/C20H15ClF3N5O2/c21-19-27-8-11(9-28-19)18(30)29-16-12(15-13(22)2-1-6-25-15)4-7-26-17(16)14-3-5-20(23,24)10-31-14/h1-2,4,6-9,14H,3,5,10H2,(H,29,30)/t14-/m1/s1. The minimum Gasteiger partial charge on any atom is -0.366 e. The summed E-state index contributed by atoms with van der Waals surface area (Å²) in [5.41, 5.74) is 0.585. The van der Waals surface area contributed by atoms with E-state index in [0.717, 1.165) is 0 Å². The summed E-state index contributed by atoms with van der Waals surface area (Å²) in [6, 6.07) is 4.12. The van der Waals surface area contributed by atoms with E-state index in [1.165, 1.54) is 43.0 Å². The molecule has 1 saturated heterocycles. The van der Waals surface area contributed by atoms with Crippen molar-refractivity contribution in [1.29, 1.82) is 0 Å². The van der Waals surface area contributed by atoms with E-state index in [0.29, 0.717) is 0 Å². The molecule has 0 spiro atoms. The number of hydrogen-bond acceptors (Lipinski definition) is 6. The highest BCUT2D eigenvalue weighted by molar-refractivity contribution is 6.28. The maximum atomic E-state index is 14.5. The van der Waals surface area contributed by atoms with Gasteiger partial charge >= 0.3 is 0 Å². The Morgan fingerprint density at radius 2 is 1.94 bits per heavy atom. The van der Waals surface area contributed by atoms with Crippen LogP contribution in [0.4, 0.5) is 18.9 Å². The Labute approximate surface area is 179 Å². The van der Waals surface area contributed by atoms with Gasteiger partial charge in [-0.2, -0.15) is 0 Å². The smallest absolute Gasteiger partial charge is 0.271 e. The van der Waals surface area contributed by atoms with Gasteiger partial charge in [0.2, 0.25) is 5.28 Å². The molecule has 1 fully saturated rings. The van der Waals surface area contributed by atoms with Crippen molar-refractivity contribution in [1.82, 2.24) is 19.9 Å². The molecular weight excluding hydrogens is 435 g/mol. The molecule has 7 nitrogen and oxygen atoms in total. The number of nitrogens with zero attached hydrogens (tertiary/aromatic N) is 4. The zero-order valence-corrected chi connectivity index (χ0v) is 16.6. The van der Waals surface area contributed by atoms with Gasteiger partial charge in [-0.25, -0.2) is 23.1 Å². The van der Waals surface area contributed by atoms with Gasteiger partial charge in [0.15, 0.2) is 0 Å². The molecule has 4 heterocycles. The summed E-state index contributed by atoms with van der Waals surface area (Å²) in [6.07, 6.45) is 3.98. The number of alkyl halides is 2. The van der Waals surface area contributed by atoms with Crippen LogP contribution in [0.2, 0.25) is 5.28 Å². The zero-order valence-electron chi connectivity index (χ0n) is 15.9. The van der Waals surface area contributed by atoms with Crippen molar-refractivity contribution in [2.75, 3.05) is 11.9 Å². The van der Waals surface area contributed by atoms with E-state index in [9.17, 15) is 18.0 Å². The van der Waals surface area contributed by atoms with Gasteiger partial charge in [0.25, 0.3) is 11.8 Å². The maximum absolute atomic E-state index is 14.5. The van der Waals surface area contributed by atoms with Crippen LogP contribution < -0.4 is 5.32 Å². The second-order valence-electron chi connectivity index (χ2n) is 6.84. The lowest BCUT2D eigenvalue weighted by molar-refractivity contribution is -0.146. The Morgan fingerprint density at radius 3 is 2.61 bits per heavy atom. The second kappa shape index (κ2) is 8.56. The van der Waals surface area contributed by atoms with Crippen molar-refractivity contribution in [3.63, 3.8) is 0 Å². The number of halogens is 4. The number of amides is 1. The number of anilines is 1. The van der Waals surface area contributed by atoms with Crippen molar-refractivity contribution in [3.8, 4) is 11.3 Å². The largest absolute Gasteiger partial charge is 0.366 e. The highest BCUT2D eigenvalue weighted by Crippen LogP contribution is 2.40. The van der Waals surface area contributed by atoms with Gasteiger partial charge < -0.3 is 10.1 Å². The molecule has 0 unspecified atom stereocenters. The molecule has 3 aromatic heterocycles. The molecule has 1 atom stereocenters. The number of hydrogen-bond donors (Lipinski definition) is 1. The van der Waals surface area contributed by atoms with Crippen molar-refractivity contribution < 1.29 is 22.7 Å². The SMILES string of the molecule is O=C(Nc1c(-c2ncccc2F)ccnc1[C@H]1CCC(F)(F)CO1)c1cnc(Cl)nc1. The summed E-state index contributed by atoms with van der Waals surface area (Å²) in [5.74, 6) is -4.18. The normalized spacial score (nSPS) is 17.9. The number of nitrogens with one attached hydrogen (secondary N) is 1. The number of carbonyl (C=O) groups excluding carboxylic acids is 1. The number of ether oxygens (including phenoxy) is 1. The highest BCUT2D eigenvalue weighted by atomic mass is 35.5. The van der Waals surface area contributed by atoms with Crippen LogP contribution in [-0.4, -0.2) is 38.4 Å². The number of rotatable bonds is 4. The van der Waals surface area contributed by atoms with Crippen LogP contribution in [-0.2, 0) is 4.74 Å². The topological polar surface area (TPSA) is 89.9 Å². The van der Waals surface area contributed by atoms with E-state index in [1.54, 1.807) is 0 Å². The predicted octanol–water partition coefficient (Wildman–Crippen LogP) is 4.47. The van der Waals surface area contributed by atoms with Gasteiger partial charge in [-0.15, -0.1) is 0 Å². The first-order valence-electron chi connectivity index (χ1n) is 9.22. The Morgan fingerprint density at radius 1 is 1.16 bits per heavy atom. The van der Waals surface area contributed by atoms with Gasteiger partial charge in [-0.3, -0.25) is 14.8 Å². The summed E-state index contributed by atoms with van der Waals surface area (Å²) < 4.78 is 46.9. The van der Waals surface area contributed by atoms with Gasteiger partial charge in [0.1, 0.15) is 24.2 Å². The van der Waals surface area contributed by atoms with Crippen LogP contribution in [0.5, 0.6) is 0 Å². The first-order chi connectivity index (χ1) is 14.8. The third-order valence-electron chi connectivity index (χ3n) is 4.69. The molecule has 0 aliphatic carbocycles. The molecule has 0 aromatic carbocycles. The monoisotopic (exact) mass is 449 g/mol. The van der Waals surface area contributed by atoms with E-state index in [-0.39, 0.29) is 39.9 Å². The molecule has 1 aliphatic rings. The molecule has 4 rings (SSSR count). The van der Waals surface area contributed by atoms with Crippen molar-refractivity contribution in [2.24, 2.45) is 0 Å². The molecule has 160 valence electrons. The average molecular weight is 450 g/mol. The van der Waals surface area contributed by atoms with Gasteiger partial charge in [-0.05, 0) is 36.2 Å². The molecule has 1 N–H and O–H groups in total. The molecule has 3 aromatic rings. The molecule has 1 amide bonds. The third-order valence-corrected chi connectivity index (χ3v) is 4.88. The van der Waals surface area contributed by atoms with E-state index < -0.39 is 36.8 Å². The van der Waals surface area contributed by atoms with Gasteiger partial charge in [-0.1, -0.05) is 0 Å². The van der Waals surface area contributed by atoms with Crippen molar-refractivity contribution >= 4 is 23.2 Å². The van der Waals surface area contributed by atoms with Crippen LogP contribution in [0.15, 0.2) is 43.0 Å².